The van der Waals surface area contributed by atoms with Crippen molar-refractivity contribution < 1.29 is 4.92 Å². The molecule has 0 aromatic carbocycles. The number of rotatable bonds is 2. The van der Waals surface area contributed by atoms with E-state index < -0.39 is 16.2 Å². The smallest absolute Gasteiger partial charge is 0.357 e. The fraction of sp³-hybridized carbons (Fsp3) is 0.333. The van der Waals surface area contributed by atoms with Gasteiger partial charge in [-0.2, -0.15) is 0 Å². The van der Waals surface area contributed by atoms with Crippen molar-refractivity contribution >= 4 is 11.5 Å². The van der Waals surface area contributed by atoms with Crippen molar-refractivity contribution in [3.05, 3.63) is 26.8 Å². The number of H-pyrrole nitrogens is 1. The van der Waals surface area contributed by atoms with Crippen LogP contribution in [0, 0.1) is 10.1 Å². The van der Waals surface area contributed by atoms with Crippen molar-refractivity contribution in [1.29, 1.82) is 0 Å². The summed E-state index contributed by atoms with van der Waals surface area (Å²) in [6.45, 7) is 0. The van der Waals surface area contributed by atoms with E-state index in [-0.39, 0.29) is 5.82 Å². The van der Waals surface area contributed by atoms with Crippen molar-refractivity contribution in [3.8, 4) is 0 Å². The SMILES string of the molecule is CN(C)c1nc[nH]c(=O)c1[N+](=O)[O-]. The third kappa shape index (κ3) is 1.63. The van der Waals surface area contributed by atoms with E-state index in [1.54, 1.807) is 14.1 Å². The molecule has 0 spiro atoms. The number of hydrogen-bond donors (Lipinski definition) is 1. The summed E-state index contributed by atoms with van der Waals surface area (Å²) < 4.78 is 0. The fourth-order valence-corrected chi connectivity index (χ4v) is 0.875. The normalized spacial score (nSPS) is 9.69. The molecule has 0 atom stereocenters. The maximum Gasteiger partial charge on any atom is 0.375 e. The summed E-state index contributed by atoms with van der Waals surface area (Å²) >= 11 is 0. The van der Waals surface area contributed by atoms with Crippen molar-refractivity contribution in [2.45, 2.75) is 0 Å². The van der Waals surface area contributed by atoms with Gasteiger partial charge >= 0.3 is 11.2 Å². The minimum atomic E-state index is -0.749. The molecule has 0 aliphatic heterocycles. The number of nitrogens with zero attached hydrogens (tertiary/aromatic N) is 3. The van der Waals surface area contributed by atoms with Crippen LogP contribution in [0.3, 0.4) is 0 Å². The first kappa shape index (κ1) is 9.17. The molecular formula is C6H8N4O3. The Morgan fingerprint density at radius 3 is 2.62 bits per heavy atom. The van der Waals surface area contributed by atoms with Crippen LogP contribution in [0.5, 0.6) is 0 Å². The topological polar surface area (TPSA) is 92.1 Å². The van der Waals surface area contributed by atoms with E-state index in [2.05, 4.69) is 9.97 Å². The van der Waals surface area contributed by atoms with Crippen molar-refractivity contribution in [2.75, 3.05) is 19.0 Å². The molecule has 1 rings (SSSR count). The predicted octanol–water partition coefficient (Wildman–Crippen LogP) is -0.256. The van der Waals surface area contributed by atoms with Crippen LogP contribution in [0.15, 0.2) is 11.1 Å². The number of aromatic amines is 1. The molecule has 1 N–H and O–H groups in total. The lowest BCUT2D eigenvalue weighted by atomic mass is 10.4. The zero-order valence-corrected chi connectivity index (χ0v) is 7.14. The van der Waals surface area contributed by atoms with Crippen LogP contribution in [0.25, 0.3) is 0 Å². The van der Waals surface area contributed by atoms with Crippen LogP contribution in [-0.4, -0.2) is 29.0 Å². The van der Waals surface area contributed by atoms with Crippen LogP contribution < -0.4 is 10.5 Å². The average molecular weight is 184 g/mol. The molecule has 70 valence electrons. The summed E-state index contributed by atoms with van der Waals surface area (Å²) in [5, 5.41) is 10.5. The minimum absolute atomic E-state index is 0.0498. The Balaban J connectivity index is 3.43. The molecule has 7 heteroatoms. The van der Waals surface area contributed by atoms with Crippen molar-refractivity contribution in [3.63, 3.8) is 0 Å². The number of hydrogen-bond acceptors (Lipinski definition) is 5. The fourth-order valence-electron chi connectivity index (χ4n) is 0.875. The highest BCUT2D eigenvalue weighted by atomic mass is 16.6. The van der Waals surface area contributed by atoms with Gasteiger partial charge in [-0.05, 0) is 0 Å². The van der Waals surface area contributed by atoms with Crippen LogP contribution >= 0.6 is 0 Å². The summed E-state index contributed by atoms with van der Waals surface area (Å²) in [5.74, 6) is 0.0498. The van der Waals surface area contributed by atoms with Crippen LogP contribution in [0.4, 0.5) is 11.5 Å². The second-order valence-corrected chi connectivity index (χ2v) is 2.56. The van der Waals surface area contributed by atoms with Gasteiger partial charge in [0.2, 0.25) is 5.82 Å². The summed E-state index contributed by atoms with van der Waals surface area (Å²) in [6.07, 6.45) is 1.13. The molecule has 0 saturated carbocycles. The minimum Gasteiger partial charge on any atom is -0.357 e. The van der Waals surface area contributed by atoms with Crippen molar-refractivity contribution in [2.24, 2.45) is 0 Å². The highest BCUT2D eigenvalue weighted by molar-refractivity contribution is 5.54. The Morgan fingerprint density at radius 1 is 1.62 bits per heavy atom. The van der Waals surface area contributed by atoms with E-state index in [1.165, 1.54) is 4.90 Å². The Hall–Kier alpha value is -1.92. The Bertz CT molecular complexity index is 384. The van der Waals surface area contributed by atoms with E-state index in [4.69, 9.17) is 0 Å². The molecule has 1 aromatic rings. The van der Waals surface area contributed by atoms with E-state index in [0.29, 0.717) is 0 Å². The summed E-state index contributed by atoms with van der Waals surface area (Å²) in [5.41, 5.74) is -1.28. The quantitative estimate of drug-likeness (QED) is 0.505. The first-order chi connectivity index (χ1) is 6.04. The summed E-state index contributed by atoms with van der Waals surface area (Å²) in [7, 11) is 3.16. The standard InChI is InChI=1S/C6H8N4O3/c1-9(2)5-4(10(12)13)6(11)8-3-7-5/h3H,1-2H3,(H,7,8,11). The average Bonchev–Trinajstić information content (AvgIpc) is 2.02. The maximum atomic E-state index is 11.0. The van der Waals surface area contributed by atoms with Gasteiger partial charge < -0.3 is 9.88 Å². The zero-order chi connectivity index (χ0) is 10.0. The van der Waals surface area contributed by atoms with Gasteiger partial charge in [0.25, 0.3) is 0 Å². The Morgan fingerprint density at radius 2 is 2.23 bits per heavy atom. The summed E-state index contributed by atoms with van der Waals surface area (Å²) in [6, 6.07) is 0. The highest BCUT2D eigenvalue weighted by Crippen LogP contribution is 2.16. The van der Waals surface area contributed by atoms with Gasteiger partial charge in [0.05, 0.1) is 11.3 Å². The molecule has 0 aliphatic carbocycles. The van der Waals surface area contributed by atoms with E-state index in [9.17, 15) is 14.9 Å². The van der Waals surface area contributed by atoms with Crippen LogP contribution in [0.1, 0.15) is 0 Å². The molecule has 0 amide bonds. The van der Waals surface area contributed by atoms with E-state index in [0.717, 1.165) is 6.33 Å². The second kappa shape index (κ2) is 3.21. The van der Waals surface area contributed by atoms with Crippen LogP contribution in [-0.2, 0) is 0 Å². The first-order valence-corrected chi connectivity index (χ1v) is 3.43. The predicted molar refractivity (Wildman–Crippen MR) is 45.8 cm³/mol. The third-order valence-electron chi connectivity index (χ3n) is 1.42. The van der Waals surface area contributed by atoms with E-state index in [1.807, 2.05) is 0 Å². The Kier molecular flexibility index (Phi) is 2.27. The lowest BCUT2D eigenvalue weighted by Crippen LogP contribution is -2.20. The molecule has 1 aromatic heterocycles. The van der Waals surface area contributed by atoms with Gasteiger partial charge in [-0.3, -0.25) is 14.9 Å². The monoisotopic (exact) mass is 184 g/mol. The number of anilines is 1. The molecule has 0 unspecified atom stereocenters. The molecule has 0 aliphatic rings. The molecule has 1 heterocycles. The molecule has 0 bridgehead atoms. The van der Waals surface area contributed by atoms with Gasteiger partial charge in [-0.15, -0.1) is 0 Å². The van der Waals surface area contributed by atoms with Gasteiger partial charge in [0, 0.05) is 14.1 Å². The number of nitrogens with one attached hydrogen (secondary N) is 1. The van der Waals surface area contributed by atoms with Gasteiger partial charge in [0.15, 0.2) is 0 Å². The van der Waals surface area contributed by atoms with Crippen LogP contribution in [0.2, 0.25) is 0 Å². The van der Waals surface area contributed by atoms with Gasteiger partial charge in [-0.25, -0.2) is 4.98 Å². The second-order valence-electron chi connectivity index (χ2n) is 2.56. The molecule has 0 fully saturated rings. The zero-order valence-electron chi connectivity index (χ0n) is 7.14. The van der Waals surface area contributed by atoms with Crippen molar-refractivity contribution in [1.82, 2.24) is 9.97 Å². The number of nitro groups is 1. The van der Waals surface area contributed by atoms with Gasteiger partial charge in [0.1, 0.15) is 0 Å². The molecule has 0 radical (unpaired) electrons. The Labute approximate surface area is 73.2 Å². The first-order valence-electron chi connectivity index (χ1n) is 3.43. The lowest BCUT2D eigenvalue weighted by Gasteiger charge is -2.09. The third-order valence-corrected chi connectivity index (χ3v) is 1.42. The molecule has 0 saturated heterocycles. The molecule has 7 nitrogen and oxygen atoms in total. The number of aromatic nitrogens is 2. The van der Waals surface area contributed by atoms with Gasteiger partial charge in [-0.1, -0.05) is 0 Å². The molecular weight excluding hydrogens is 176 g/mol. The summed E-state index contributed by atoms with van der Waals surface area (Å²) in [4.78, 5) is 28.0. The van der Waals surface area contributed by atoms with E-state index >= 15 is 0 Å². The highest BCUT2D eigenvalue weighted by Gasteiger charge is 2.21. The molecule has 13 heavy (non-hydrogen) atoms. The lowest BCUT2D eigenvalue weighted by molar-refractivity contribution is -0.385. The largest absolute Gasteiger partial charge is 0.375 e. The maximum absolute atomic E-state index is 11.0.